The molecule has 1 rings (SSSR count). The van der Waals surface area contributed by atoms with E-state index in [4.69, 9.17) is 11.6 Å². The van der Waals surface area contributed by atoms with Crippen molar-refractivity contribution in [1.29, 1.82) is 0 Å². The van der Waals surface area contributed by atoms with Crippen molar-refractivity contribution in [2.24, 2.45) is 0 Å². The minimum Gasteiger partial charge on any atom is -0.354 e. The molecular weight excluding hydrogens is 242 g/mol. The first kappa shape index (κ1) is 13.5. The smallest absolute Gasteiger partial charge is 0.186 e. The van der Waals surface area contributed by atoms with Crippen molar-refractivity contribution >= 4 is 34.1 Å². The van der Waals surface area contributed by atoms with Gasteiger partial charge in [0.1, 0.15) is 5.15 Å². The van der Waals surface area contributed by atoms with Crippen molar-refractivity contribution in [3.05, 3.63) is 15.6 Å². The molecule has 1 aromatic heterocycles. The molecule has 0 aliphatic heterocycles. The summed E-state index contributed by atoms with van der Waals surface area (Å²) in [6, 6.07) is 0. The van der Waals surface area contributed by atoms with Gasteiger partial charge in [-0.2, -0.15) is 0 Å². The monoisotopic (exact) mass is 259 g/mol. The molecular formula is C11H18ClN3S. The molecule has 3 nitrogen and oxygen atoms in total. The van der Waals surface area contributed by atoms with Crippen LogP contribution < -0.4 is 10.2 Å². The summed E-state index contributed by atoms with van der Waals surface area (Å²) < 4.78 is 0. The summed E-state index contributed by atoms with van der Waals surface area (Å²) in [5.74, 6) is 0. The van der Waals surface area contributed by atoms with Crippen LogP contribution in [0.2, 0.25) is 5.15 Å². The van der Waals surface area contributed by atoms with Gasteiger partial charge in [-0.05, 0) is 19.5 Å². The molecule has 0 spiro atoms. The summed E-state index contributed by atoms with van der Waals surface area (Å²) in [4.78, 5) is 7.31. The summed E-state index contributed by atoms with van der Waals surface area (Å²) in [7, 11) is 5.89. The van der Waals surface area contributed by atoms with Gasteiger partial charge in [0.05, 0.1) is 4.88 Å². The first-order valence-corrected chi connectivity index (χ1v) is 6.45. The van der Waals surface area contributed by atoms with Gasteiger partial charge in [0.2, 0.25) is 0 Å². The highest BCUT2D eigenvalue weighted by Crippen LogP contribution is 2.30. The average Bonchev–Trinajstić information content (AvgIpc) is 2.60. The van der Waals surface area contributed by atoms with Gasteiger partial charge in [0.15, 0.2) is 5.13 Å². The van der Waals surface area contributed by atoms with Crippen molar-refractivity contribution in [2.75, 3.05) is 32.6 Å². The summed E-state index contributed by atoms with van der Waals surface area (Å²) in [5.41, 5.74) is 1.33. The number of likely N-dealkylation sites (N-methyl/N-ethyl adjacent to an activating group) is 1. The zero-order valence-corrected chi connectivity index (χ0v) is 11.7. The van der Waals surface area contributed by atoms with E-state index in [1.807, 2.05) is 26.0 Å². The van der Waals surface area contributed by atoms with Gasteiger partial charge in [-0.25, -0.2) is 4.98 Å². The van der Waals surface area contributed by atoms with Crippen molar-refractivity contribution in [3.63, 3.8) is 0 Å². The lowest BCUT2D eigenvalue weighted by atomic mass is 10.2. The minimum absolute atomic E-state index is 0.593. The van der Waals surface area contributed by atoms with Crippen LogP contribution in [0.5, 0.6) is 0 Å². The third-order valence-electron chi connectivity index (χ3n) is 2.17. The molecule has 1 heterocycles. The van der Waals surface area contributed by atoms with E-state index in [-0.39, 0.29) is 0 Å². The normalized spacial score (nSPS) is 11.9. The zero-order valence-electron chi connectivity index (χ0n) is 10.2. The molecule has 0 saturated heterocycles. The SMILES string of the molecule is CCC(=Cc1sc(N(C)C)nc1Cl)CNC. The van der Waals surface area contributed by atoms with Crippen molar-refractivity contribution in [3.8, 4) is 0 Å². The highest BCUT2D eigenvalue weighted by Gasteiger charge is 2.09. The van der Waals surface area contributed by atoms with Gasteiger partial charge in [-0.3, -0.25) is 0 Å². The fourth-order valence-corrected chi connectivity index (χ4v) is 2.45. The van der Waals surface area contributed by atoms with E-state index in [0.29, 0.717) is 5.15 Å². The first-order chi connectivity index (χ1) is 7.58. The number of halogens is 1. The van der Waals surface area contributed by atoms with Gasteiger partial charge in [-0.1, -0.05) is 35.4 Å². The Labute approximate surface area is 106 Å². The van der Waals surface area contributed by atoms with Crippen molar-refractivity contribution in [1.82, 2.24) is 10.3 Å². The van der Waals surface area contributed by atoms with Gasteiger partial charge in [0.25, 0.3) is 0 Å². The fourth-order valence-electron chi connectivity index (χ4n) is 1.27. The third kappa shape index (κ3) is 3.47. The summed E-state index contributed by atoms with van der Waals surface area (Å²) in [5, 5.41) is 4.68. The lowest BCUT2D eigenvalue weighted by molar-refractivity contribution is 0.851. The average molecular weight is 260 g/mol. The second kappa shape index (κ2) is 6.23. The van der Waals surface area contributed by atoms with E-state index in [9.17, 15) is 0 Å². The molecule has 0 fully saturated rings. The third-order valence-corrected chi connectivity index (χ3v) is 3.74. The van der Waals surface area contributed by atoms with E-state index in [1.54, 1.807) is 11.3 Å². The molecule has 0 bridgehead atoms. The van der Waals surface area contributed by atoms with Crippen molar-refractivity contribution in [2.45, 2.75) is 13.3 Å². The molecule has 5 heteroatoms. The maximum Gasteiger partial charge on any atom is 0.186 e. The van der Waals surface area contributed by atoms with E-state index in [1.165, 1.54) is 5.57 Å². The number of hydrogen-bond donors (Lipinski definition) is 1. The Morgan fingerprint density at radius 2 is 2.25 bits per heavy atom. The first-order valence-electron chi connectivity index (χ1n) is 5.26. The van der Waals surface area contributed by atoms with Crippen molar-refractivity contribution < 1.29 is 0 Å². The van der Waals surface area contributed by atoms with Crippen LogP contribution in [0.25, 0.3) is 6.08 Å². The zero-order chi connectivity index (χ0) is 12.1. The van der Waals surface area contributed by atoms with Crippen LogP contribution in [-0.4, -0.2) is 32.7 Å². The van der Waals surface area contributed by atoms with Crippen LogP contribution in [0.4, 0.5) is 5.13 Å². The second-order valence-electron chi connectivity index (χ2n) is 3.73. The Hall–Kier alpha value is -0.580. The van der Waals surface area contributed by atoms with Gasteiger partial charge in [-0.15, -0.1) is 0 Å². The fraction of sp³-hybridized carbons (Fsp3) is 0.545. The van der Waals surface area contributed by atoms with E-state index in [0.717, 1.165) is 23.0 Å². The molecule has 0 radical (unpaired) electrons. The Morgan fingerprint density at radius 3 is 2.69 bits per heavy atom. The lowest BCUT2D eigenvalue weighted by Gasteiger charge is -2.05. The Morgan fingerprint density at radius 1 is 1.56 bits per heavy atom. The van der Waals surface area contributed by atoms with Crippen LogP contribution in [0, 0.1) is 0 Å². The van der Waals surface area contributed by atoms with Gasteiger partial charge >= 0.3 is 0 Å². The Kier molecular flexibility index (Phi) is 5.25. The van der Waals surface area contributed by atoms with Crippen LogP contribution >= 0.6 is 22.9 Å². The van der Waals surface area contributed by atoms with E-state index >= 15 is 0 Å². The van der Waals surface area contributed by atoms with Crippen LogP contribution in [0.1, 0.15) is 18.2 Å². The molecule has 0 aliphatic carbocycles. The van der Waals surface area contributed by atoms with Crippen LogP contribution in [-0.2, 0) is 0 Å². The molecule has 0 amide bonds. The topological polar surface area (TPSA) is 28.2 Å². The lowest BCUT2D eigenvalue weighted by Crippen LogP contribution is -2.09. The number of hydrogen-bond acceptors (Lipinski definition) is 4. The molecule has 1 aromatic rings. The summed E-state index contributed by atoms with van der Waals surface area (Å²) in [6.45, 7) is 3.03. The number of rotatable bonds is 5. The molecule has 0 unspecified atom stereocenters. The predicted octanol–water partition coefficient (Wildman–Crippen LogP) is 2.88. The highest BCUT2D eigenvalue weighted by atomic mass is 35.5. The number of nitrogens with zero attached hydrogens (tertiary/aromatic N) is 2. The van der Waals surface area contributed by atoms with E-state index < -0.39 is 0 Å². The molecule has 0 aliphatic rings. The van der Waals surface area contributed by atoms with Gasteiger partial charge in [0, 0.05) is 20.6 Å². The molecule has 90 valence electrons. The summed E-state index contributed by atoms with van der Waals surface area (Å²) >= 11 is 7.71. The van der Waals surface area contributed by atoms with Gasteiger partial charge < -0.3 is 10.2 Å². The minimum atomic E-state index is 0.593. The standard InChI is InChI=1S/C11H18ClN3S/c1-5-8(7-13-2)6-9-10(12)14-11(16-9)15(3)4/h6,13H,5,7H2,1-4H3. The summed E-state index contributed by atoms with van der Waals surface area (Å²) in [6.07, 6.45) is 3.15. The molecule has 0 aromatic carbocycles. The molecule has 1 N–H and O–H groups in total. The maximum absolute atomic E-state index is 6.10. The number of nitrogens with one attached hydrogen (secondary N) is 1. The quantitative estimate of drug-likeness (QED) is 0.881. The van der Waals surface area contributed by atoms with E-state index in [2.05, 4.69) is 23.3 Å². The Bertz CT molecular complexity index is 371. The largest absolute Gasteiger partial charge is 0.354 e. The molecule has 16 heavy (non-hydrogen) atoms. The van der Waals surface area contributed by atoms with Crippen LogP contribution in [0.15, 0.2) is 5.57 Å². The number of aromatic nitrogens is 1. The second-order valence-corrected chi connectivity index (χ2v) is 5.10. The molecule has 0 saturated carbocycles. The van der Waals surface area contributed by atoms with Crippen LogP contribution in [0.3, 0.4) is 0 Å². The predicted molar refractivity (Wildman–Crippen MR) is 73.6 cm³/mol. The molecule has 0 atom stereocenters. The Balaban J connectivity index is 2.94. The number of thiazole rings is 1. The highest BCUT2D eigenvalue weighted by molar-refractivity contribution is 7.17. The maximum atomic E-state index is 6.10. The number of anilines is 1.